The van der Waals surface area contributed by atoms with Gasteiger partial charge >= 0.3 is 0 Å². The molecule has 1 aromatic rings. The summed E-state index contributed by atoms with van der Waals surface area (Å²) in [4.78, 5) is 17.6. The molecule has 0 radical (unpaired) electrons. The number of benzene rings is 1. The first-order valence-corrected chi connectivity index (χ1v) is 9.37. The first-order chi connectivity index (χ1) is 11.6. The van der Waals surface area contributed by atoms with Crippen LogP contribution in [0, 0.1) is 5.41 Å². The average Bonchev–Trinajstić information content (AvgIpc) is 2.63. The number of carbonyl (C=O) groups excluding carboxylic acids is 1. The number of hydrogen-bond donors (Lipinski definition) is 1. The Kier molecular flexibility index (Phi) is 7.29. The minimum absolute atomic E-state index is 0. The molecule has 1 atom stereocenters. The summed E-state index contributed by atoms with van der Waals surface area (Å²) in [6, 6.07) is 10.6. The molecule has 0 bridgehead atoms. The Bertz CT molecular complexity index is 545. The summed E-state index contributed by atoms with van der Waals surface area (Å²) in [5.41, 5.74) is 7.39. The van der Waals surface area contributed by atoms with Gasteiger partial charge in [-0.05, 0) is 37.4 Å². The van der Waals surface area contributed by atoms with Crippen molar-refractivity contribution in [3.8, 4) is 0 Å². The minimum atomic E-state index is 0. The number of carbonyl (C=O) groups is 1. The Morgan fingerprint density at radius 3 is 2.48 bits per heavy atom. The molecule has 1 aliphatic carbocycles. The predicted octanol–water partition coefficient (Wildman–Crippen LogP) is 3.22. The summed E-state index contributed by atoms with van der Waals surface area (Å²) in [5.74, 6) is 0.296. The third-order valence-corrected chi connectivity index (χ3v) is 5.96. The van der Waals surface area contributed by atoms with Gasteiger partial charge in [0.25, 0.3) is 0 Å². The molecule has 25 heavy (non-hydrogen) atoms. The standard InChI is InChI=1S/C20H31N3O.ClH/c1-22-12-13-23(18(15-22)17-8-4-2-5-9-17)19(24)14-20(16-21)10-6-3-7-11-20;/h2,4-5,8-9,18H,3,6-7,10-16,21H2,1H3;1H. The van der Waals surface area contributed by atoms with Crippen molar-refractivity contribution in [2.45, 2.75) is 44.6 Å². The van der Waals surface area contributed by atoms with Crippen LogP contribution in [0.5, 0.6) is 0 Å². The van der Waals surface area contributed by atoms with Crippen LogP contribution in [-0.2, 0) is 4.79 Å². The van der Waals surface area contributed by atoms with Gasteiger partial charge in [-0.1, -0.05) is 49.6 Å². The van der Waals surface area contributed by atoms with Crippen LogP contribution in [0.15, 0.2) is 30.3 Å². The minimum Gasteiger partial charge on any atom is -0.333 e. The SMILES string of the molecule is CN1CCN(C(=O)CC2(CN)CCCCC2)C(c2ccccc2)C1.Cl. The monoisotopic (exact) mass is 365 g/mol. The Morgan fingerprint density at radius 1 is 1.16 bits per heavy atom. The van der Waals surface area contributed by atoms with E-state index in [-0.39, 0.29) is 23.9 Å². The normalized spacial score (nSPS) is 23.8. The van der Waals surface area contributed by atoms with Crippen molar-refractivity contribution in [3.63, 3.8) is 0 Å². The van der Waals surface area contributed by atoms with Crippen LogP contribution < -0.4 is 5.73 Å². The van der Waals surface area contributed by atoms with Gasteiger partial charge < -0.3 is 15.5 Å². The summed E-state index contributed by atoms with van der Waals surface area (Å²) < 4.78 is 0. The van der Waals surface area contributed by atoms with E-state index in [2.05, 4.69) is 41.1 Å². The molecule has 1 heterocycles. The lowest BCUT2D eigenvalue weighted by Crippen LogP contribution is -2.51. The first-order valence-electron chi connectivity index (χ1n) is 9.37. The van der Waals surface area contributed by atoms with Crippen LogP contribution >= 0.6 is 12.4 Å². The van der Waals surface area contributed by atoms with Gasteiger partial charge in [-0.3, -0.25) is 4.79 Å². The van der Waals surface area contributed by atoms with E-state index in [0.29, 0.717) is 18.9 Å². The molecule has 0 aromatic heterocycles. The summed E-state index contributed by atoms with van der Waals surface area (Å²) in [6.45, 7) is 3.31. The van der Waals surface area contributed by atoms with E-state index in [0.717, 1.165) is 32.5 Å². The zero-order chi connectivity index (χ0) is 17.0. The van der Waals surface area contributed by atoms with Gasteiger partial charge in [-0.25, -0.2) is 0 Å². The fourth-order valence-electron chi connectivity index (χ4n) is 4.36. The van der Waals surface area contributed by atoms with Gasteiger partial charge in [0.2, 0.25) is 5.91 Å². The molecular weight excluding hydrogens is 334 g/mol. The van der Waals surface area contributed by atoms with E-state index >= 15 is 0 Å². The molecule has 4 nitrogen and oxygen atoms in total. The molecule has 1 aromatic carbocycles. The number of rotatable bonds is 4. The lowest BCUT2D eigenvalue weighted by atomic mass is 9.71. The van der Waals surface area contributed by atoms with Crippen molar-refractivity contribution >= 4 is 18.3 Å². The highest BCUT2D eigenvalue weighted by atomic mass is 35.5. The predicted molar refractivity (Wildman–Crippen MR) is 105 cm³/mol. The molecule has 1 saturated carbocycles. The van der Waals surface area contributed by atoms with E-state index in [4.69, 9.17) is 5.73 Å². The van der Waals surface area contributed by atoms with Crippen molar-refractivity contribution in [1.82, 2.24) is 9.80 Å². The lowest BCUT2D eigenvalue weighted by molar-refractivity contribution is -0.139. The number of amides is 1. The smallest absolute Gasteiger partial charge is 0.223 e. The number of hydrogen-bond acceptors (Lipinski definition) is 3. The van der Waals surface area contributed by atoms with Gasteiger partial charge in [-0.2, -0.15) is 0 Å². The quantitative estimate of drug-likeness (QED) is 0.891. The number of nitrogens with two attached hydrogens (primary N) is 1. The maximum Gasteiger partial charge on any atom is 0.223 e. The maximum atomic E-state index is 13.2. The topological polar surface area (TPSA) is 49.6 Å². The highest BCUT2D eigenvalue weighted by Crippen LogP contribution is 2.39. The van der Waals surface area contributed by atoms with Gasteiger partial charge in [0.1, 0.15) is 0 Å². The second-order valence-corrected chi connectivity index (χ2v) is 7.72. The van der Waals surface area contributed by atoms with Crippen molar-refractivity contribution in [3.05, 3.63) is 35.9 Å². The van der Waals surface area contributed by atoms with Crippen LogP contribution in [0.1, 0.15) is 50.1 Å². The average molecular weight is 366 g/mol. The molecule has 1 amide bonds. The van der Waals surface area contributed by atoms with Gasteiger partial charge in [0.05, 0.1) is 6.04 Å². The third kappa shape index (κ3) is 4.75. The zero-order valence-corrected chi connectivity index (χ0v) is 16.1. The fourth-order valence-corrected chi connectivity index (χ4v) is 4.36. The summed E-state index contributed by atoms with van der Waals surface area (Å²) in [6.07, 6.45) is 6.57. The molecule has 5 heteroatoms. The van der Waals surface area contributed by atoms with Crippen molar-refractivity contribution < 1.29 is 4.79 Å². The number of halogens is 1. The molecule has 2 N–H and O–H groups in total. The van der Waals surface area contributed by atoms with Gasteiger partial charge in [0, 0.05) is 26.1 Å². The Morgan fingerprint density at radius 2 is 1.84 bits per heavy atom. The van der Waals surface area contributed by atoms with E-state index in [1.165, 1.54) is 24.8 Å². The van der Waals surface area contributed by atoms with Gasteiger partial charge in [-0.15, -0.1) is 12.4 Å². The third-order valence-electron chi connectivity index (χ3n) is 5.96. The lowest BCUT2D eigenvalue weighted by Gasteiger charge is -2.43. The summed E-state index contributed by atoms with van der Waals surface area (Å²) in [5, 5.41) is 0. The van der Waals surface area contributed by atoms with Crippen molar-refractivity contribution in [2.75, 3.05) is 33.2 Å². The van der Waals surface area contributed by atoms with E-state index in [1.807, 2.05) is 6.07 Å². The molecule has 2 fully saturated rings. The molecule has 1 unspecified atom stereocenters. The van der Waals surface area contributed by atoms with Crippen LogP contribution in [0.25, 0.3) is 0 Å². The van der Waals surface area contributed by atoms with Crippen molar-refractivity contribution in [1.29, 1.82) is 0 Å². The Balaban J connectivity index is 0.00000225. The molecule has 1 aliphatic heterocycles. The van der Waals surface area contributed by atoms with Crippen molar-refractivity contribution in [2.24, 2.45) is 11.1 Å². The maximum absolute atomic E-state index is 13.2. The molecule has 140 valence electrons. The van der Waals surface area contributed by atoms with E-state index < -0.39 is 0 Å². The molecule has 3 rings (SSSR count). The van der Waals surface area contributed by atoms with Crippen LogP contribution in [0.4, 0.5) is 0 Å². The van der Waals surface area contributed by atoms with E-state index in [9.17, 15) is 4.79 Å². The highest BCUT2D eigenvalue weighted by molar-refractivity contribution is 5.85. The fraction of sp³-hybridized carbons (Fsp3) is 0.650. The summed E-state index contributed by atoms with van der Waals surface area (Å²) in [7, 11) is 2.14. The number of likely N-dealkylation sites (N-methyl/N-ethyl adjacent to an activating group) is 1. The number of nitrogens with zero attached hydrogens (tertiary/aromatic N) is 2. The molecule has 0 spiro atoms. The summed E-state index contributed by atoms with van der Waals surface area (Å²) >= 11 is 0. The molecule has 2 aliphatic rings. The van der Waals surface area contributed by atoms with Gasteiger partial charge in [0.15, 0.2) is 0 Å². The molecule has 1 saturated heterocycles. The van der Waals surface area contributed by atoms with E-state index in [1.54, 1.807) is 0 Å². The molecular formula is C20H32ClN3O. The zero-order valence-electron chi connectivity index (χ0n) is 15.3. The Hall–Kier alpha value is -1.10. The largest absolute Gasteiger partial charge is 0.333 e. The first kappa shape index (κ1) is 20.2. The van der Waals surface area contributed by atoms with Crippen LogP contribution in [0.2, 0.25) is 0 Å². The van der Waals surface area contributed by atoms with Crippen LogP contribution in [0.3, 0.4) is 0 Å². The van der Waals surface area contributed by atoms with Crippen LogP contribution in [-0.4, -0.2) is 48.9 Å². The highest BCUT2D eigenvalue weighted by Gasteiger charge is 2.37. The second kappa shape index (κ2) is 9.02. The Labute approximate surface area is 158 Å². The second-order valence-electron chi connectivity index (χ2n) is 7.72. The number of piperazine rings is 1.